The van der Waals surface area contributed by atoms with E-state index >= 15 is 0 Å². The van der Waals surface area contributed by atoms with Gasteiger partial charge in [0.2, 0.25) is 0 Å². The van der Waals surface area contributed by atoms with E-state index in [2.05, 4.69) is 44.1 Å². The van der Waals surface area contributed by atoms with E-state index in [1.807, 2.05) is 37.3 Å². The van der Waals surface area contributed by atoms with E-state index in [0.717, 1.165) is 17.0 Å². The lowest BCUT2D eigenvalue weighted by molar-refractivity contribution is 0.354. The molecule has 0 atom stereocenters. The van der Waals surface area contributed by atoms with Gasteiger partial charge in [0, 0.05) is 5.69 Å². The Balaban J connectivity index is 2.40. The third kappa shape index (κ3) is 4.49. The molecule has 0 radical (unpaired) electrons. The Hall–Kier alpha value is -2.21. The summed E-state index contributed by atoms with van der Waals surface area (Å²) < 4.78 is 17.7. The van der Waals surface area contributed by atoms with Crippen LogP contribution in [-0.4, -0.2) is 32.7 Å². The molecule has 0 spiro atoms. The number of rotatable bonds is 6. The van der Waals surface area contributed by atoms with Gasteiger partial charge < -0.3 is 13.9 Å². The largest absolute Gasteiger partial charge is 0.539 e. The zero-order valence-electron chi connectivity index (χ0n) is 17.1. The number of aromatic nitrogens is 2. The highest BCUT2D eigenvalue weighted by molar-refractivity contribution is 6.74. The van der Waals surface area contributed by atoms with Crippen molar-refractivity contribution in [2.75, 3.05) is 14.2 Å². The maximum Gasteiger partial charge on any atom is 0.250 e. The predicted octanol–water partition coefficient (Wildman–Crippen LogP) is 5.29. The van der Waals surface area contributed by atoms with E-state index < -0.39 is 8.32 Å². The van der Waals surface area contributed by atoms with Crippen molar-refractivity contribution < 1.29 is 13.9 Å². The SMILES string of the molecule is COc1cc(C=Cc2cc(C)[nH]n2)cc(OC)c1O[Si](C)(C)C(C)(C)C. The monoisotopic (exact) mass is 374 g/mol. The topological polar surface area (TPSA) is 56.4 Å². The van der Waals surface area contributed by atoms with Gasteiger partial charge in [-0.3, -0.25) is 5.10 Å². The van der Waals surface area contributed by atoms with Gasteiger partial charge in [-0.1, -0.05) is 26.8 Å². The van der Waals surface area contributed by atoms with Gasteiger partial charge in [0.1, 0.15) is 0 Å². The second-order valence-corrected chi connectivity index (χ2v) is 12.7. The number of nitrogens with one attached hydrogen (secondary N) is 1. The van der Waals surface area contributed by atoms with E-state index in [1.54, 1.807) is 14.2 Å². The fourth-order valence-electron chi connectivity index (χ4n) is 2.21. The summed E-state index contributed by atoms with van der Waals surface area (Å²) in [5.74, 6) is 2.02. The molecule has 142 valence electrons. The number of ether oxygens (including phenoxy) is 2. The Bertz CT molecular complexity index is 764. The van der Waals surface area contributed by atoms with E-state index in [1.165, 1.54) is 0 Å². The van der Waals surface area contributed by atoms with Gasteiger partial charge in [-0.2, -0.15) is 5.10 Å². The molecule has 0 bridgehead atoms. The number of methoxy groups -OCH3 is 2. The van der Waals surface area contributed by atoms with Gasteiger partial charge in [0.15, 0.2) is 17.2 Å². The number of aromatic amines is 1. The smallest absolute Gasteiger partial charge is 0.250 e. The van der Waals surface area contributed by atoms with Crippen LogP contribution >= 0.6 is 0 Å². The Morgan fingerprint density at radius 2 is 1.58 bits per heavy atom. The summed E-state index contributed by atoms with van der Waals surface area (Å²) >= 11 is 0. The van der Waals surface area contributed by atoms with Gasteiger partial charge in [-0.25, -0.2) is 0 Å². The van der Waals surface area contributed by atoms with Crippen LogP contribution in [0.1, 0.15) is 37.7 Å². The molecule has 0 amide bonds. The minimum absolute atomic E-state index is 0.0827. The molecule has 0 saturated heterocycles. The van der Waals surface area contributed by atoms with Crippen molar-refractivity contribution in [2.45, 2.75) is 45.8 Å². The van der Waals surface area contributed by atoms with Gasteiger partial charge >= 0.3 is 0 Å². The van der Waals surface area contributed by atoms with Crippen molar-refractivity contribution in [3.8, 4) is 17.2 Å². The second-order valence-electron chi connectivity index (χ2n) is 7.93. The number of aryl methyl sites for hydroxylation is 1. The van der Waals surface area contributed by atoms with Crippen LogP contribution in [0, 0.1) is 6.92 Å². The number of nitrogens with zero attached hydrogens (tertiary/aromatic N) is 1. The van der Waals surface area contributed by atoms with Crippen molar-refractivity contribution in [3.63, 3.8) is 0 Å². The third-order valence-electron chi connectivity index (χ3n) is 4.82. The van der Waals surface area contributed by atoms with Crippen LogP contribution in [0.4, 0.5) is 0 Å². The molecular formula is C20H30N2O3Si. The first-order chi connectivity index (χ1) is 12.1. The molecule has 6 heteroatoms. The molecule has 2 aromatic rings. The summed E-state index contributed by atoms with van der Waals surface area (Å²) in [6.45, 7) is 13.0. The number of hydrogen-bond acceptors (Lipinski definition) is 4. The standard InChI is InChI=1S/C20H30N2O3Si/c1-14-11-16(22-21-14)10-9-15-12-17(23-5)19(18(13-15)24-6)25-26(7,8)20(2,3)4/h9-13H,1-8H3,(H,21,22). The molecule has 1 aromatic carbocycles. The van der Waals surface area contributed by atoms with Crippen molar-refractivity contribution in [2.24, 2.45) is 0 Å². The van der Waals surface area contributed by atoms with Crippen molar-refractivity contribution >= 4 is 20.5 Å². The fraction of sp³-hybridized carbons (Fsp3) is 0.450. The van der Waals surface area contributed by atoms with Gasteiger partial charge in [-0.05, 0) is 54.9 Å². The normalized spacial score (nSPS) is 12.5. The summed E-state index contributed by atoms with van der Waals surface area (Å²) in [4.78, 5) is 0. The fourth-order valence-corrected chi connectivity index (χ4v) is 3.23. The van der Waals surface area contributed by atoms with Gasteiger partial charge in [0.05, 0.1) is 19.9 Å². The Kier molecular flexibility index (Phi) is 5.86. The maximum atomic E-state index is 6.48. The molecule has 0 unspecified atom stereocenters. The number of hydrogen-bond donors (Lipinski definition) is 1. The minimum Gasteiger partial charge on any atom is -0.539 e. The van der Waals surface area contributed by atoms with Crippen LogP contribution in [0.2, 0.25) is 18.1 Å². The van der Waals surface area contributed by atoms with E-state index in [9.17, 15) is 0 Å². The summed E-state index contributed by atoms with van der Waals surface area (Å²) in [5, 5.41) is 7.23. The molecule has 1 N–H and O–H groups in total. The zero-order valence-corrected chi connectivity index (χ0v) is 18.1. The van der Waals surface area contributed by atoms with Crippen molar-refractivity contribution in [1.29, 1.82) is 0 Å². The van der Waals surface area contributed by atoms with Gasteiger partial charge in [-0.15, -0.1) is 0 Å². The Labute approximate surface area is 157 Å². The van der Waals surface area contributed by atoms with Gasteiger partial charge in [0.25, 0.3) is 8.32 Å². The molecule has 0 saturated carbocycles. The molecule has 1 heterocycles. The highest BCUT2D eigenvalue weighted by atomic mass is 28.4. The zero-order chi connectivity index (χ0) is 19.5. The summed E-state index contributed by atoms with van der Waals surface area (Å²) in [6, 6.07) is 5.90. The molecule has 5 nitrogen and oxygen atoms in total. The first-order valence-electron chi connectivity index (χ1n) is 8.72. The van der Waals surface area contributed by atoms with Crippen molar-refractivity contribution in [3.05, 3.63) is 35.2 Å². The van der Waals surface area contributed by atoms with Crippen molar-refractivity contribution in [1.82, 2.24) is 10.2 Å². The Morgan fingerprint density at radius 3 is 2.00 bits per heavy atom. The summed E-state index contributed by atoms with van der Waals surface area (Å²) in [6.07, 6.45) is 3.93. The molecule has 0 fully saturated rings. The molecular weight excluding hydrogens is 344 g/mol. The van der Waals surface area contributed by atoms with Crippen LogP contribution in [-0.2, 0) is 0 Å². The second kappa shape index (κ2) is 7.58. The molecule has 0 aliphatic heterocycles. The molecule has 2 rings (SSSR count). The first kappa shape index (κ1) is 20.1. The average molecular weight is 375 g/mol. The highest BCUT2D eigenvalue weighted by Crippen LogP contribution is 2.45. The summed E-state index contributed by atoms with van der Waals surface area (Å²) in [7, 11) is 1.28. The van der Waals surface area contributed by atoms with Crippen LogP contribution in [0.3, 0.4) is 0 Å². The lowest BCUT2D eigenvalue weighted by Crippen LogP contribution is -2.44. The van der Waals surface area contributed by atoms with E-state index in [0.29, 0.717) is 17.2 Å². The van der Waals surface area contributed by atoms with Crippen LogP contribution in [0.15, 0.2) is 18.2 Å². The molecule has 1 aromatic heterocycles. The third-order valence-corrected chi connectivity index (χ3v) is 9.15. The highest BCUT2D eigenvalue weighted by Gasteiger charge is 2.40. The number of H-pyrrole nitrogens is 1. The molecule has 0 aliphatic carbocycles. The van der Waals surface area contributed by atoms with Crippen LogP contribution in [0.25, 0.3) is 12.2 Å². The summed E-state index contributed by atoms with van der Waals surface area (Å²) in [5.41, 5.74) is 2.86. The van der Waals surface area contributed by atoms with Crippen LogP contribution < -0.4 is 13.9 Å². The maximum absolute atomic E-state index is 6.48. The average Bonchev–Trinajstić information content (AvgIpc) is 2.97. The van der Waals surface area contributed by atoms with Crippen LogP contribution in [0.5, 0.6) is 17.2 Å². The molecule has 26 heavy (non-hydrogen) atoms. The quantitative estimate of drug-likeness (QED) is 0.698. The lowest BCUT2D eigenvalue weighted by atomic mass is 10.1. The minimum atomic E-state index is -2.02. The number of benzene rings is 1. The predicted molar refractivity (Wildman–Crippen MR) is 110 cm³/mol. The molecule has 0 aliphatic rings. The Morgan fingerprint density at radius 1 is 1.00 bits per heavy atom. The van der Waals surface area contributed by atoms with E-state index in [4.69, 9.17) is 13.9 Å². The lowest BCUT2D eigenvalue weighted by Gasteiger charge is -2.37. The first-order valence-corrected chi connectivity index (χ1v) is 11.6. The van der Waals surface area contributed by atoms with E-state index in [-0.39, 0.29) is 5.04 Å².